The molecule has 29 heteroatoms. The van der Waals surface area contributed by atoms with Crippen LogP contribution < -0.4 is 59.2 Å². The second kappa shape index (κ2) is 40.0. The van der Waals surface area contributed by atoms with Gasteiger partial charge in [0.15, 0.2) is 5.82 Å². The van der Waals surface area contributed by atoms with E-state index in [4.69, 9.17) is 50.4 Å². The maximum Gasteiger partial charge on any atom is 0.312 e. The summed E-state index contributed by atoms with van der Waals surface area (Å²) in [5, 5.41) is 31.1. The van der Waals surface area contributed by atoms with Crippen molar-refractivity contribution in [1.82, 2.24) is 50.9 Å². The Bertz CT molecular complexity index is 2950. The van der Waals surface area contributed by atoms with Crippen LogP contribution in [0.15, 0.2) is 54.7 Å². The van der Waals surface area contributed by atoms with Crippen LogP contribution in [0.2, 0.25) is 0 Å². The third kappa shape index (κ3) is 25.8. The van der Waals surface area contributed by atoms with Crippen molar-refractivity contribution in [2.45, 2.75) is 135 Å². The third-order valence-electron chi connectivity index (χ3n) is 15.7. The minimum Gasteiger partial charge on any atom is -0.496 e. The topological polar surface area (TPSA) is 387 Å². The number of carbonyl (C=O) groups excluding carboxylic acids is 6. The van der Waals surface area contributed by atoms with E-state index in [1.54, 1.807) is 45.2 Å². The SMILES string of the molecule is CCCCCNc1nc(N)nc2ccn(Cc3ccc(CN4CC5(C4)CN(C(O)OCc4ccc(NC(=O)[C@H](CCCNC(N)=O)NC(=O)[C@@H](NC(=O)CCOCCOCCOCCOCCNC(=O)[C@@H](CCCCN)NC(C)=O)C(C)C)cc4)CCO5)cc3OC)c12. The van der Waals surface area contributed by atoms with Gasteiger partial charge in [-0.1, -0.05) is 57.9 Å². The lowest BCUT2D eigenvalue weighted by atomic mass is 9.91. The highest BCUT2D eigenvalue weighted by Crippen LogP contribution is 2.33. The molecule has 0 saturated carbocycles. The van der Waals surface area contributed by atoms with Gasteiger partial charge in [-0.25, -0.2) is 9.78 Å². The predicted molar refractivity (Wildman–Crippen MR) is 350 cm³/mol. The number of likely N-dealkylation sites (tertiary alicyclic amines) is 1. The minimum absolute atomic E-state index is 0.0268. The van der Waals surface area contributed by atoms with Gasteiger partial charge in [0.2, 0.25) is 41.9 Å². The van der Waals surface area contributed by atoms with Crippen LogP contribution in [0.3, 0.4) is 0 Å². The molecule has 2 saturated heterocycles. The lowest BCUT2D eigenvalue weighted by Crippen LogP contribution is -2.70. The number of unbranched alkanes of at least 4 members (excludes halogenated alkanes) is 3. The van der Waals surface area contributed by atoms with Gasteiger partial charge in [-0.05, 0) is 86.4 Å². The highest BCUT2D eigenvalue weighted by atomic mass is 16.6. The Morgan fingerprint density at radius 3 is 2.11 bits per heavy atom. The molecule has 1 unspecified atom stereocenters. The number of amides is 7. The van der Waals surface area contributed by atoms with Crippen molar-refractivity contribution in [3.05, 3.63) is 71.4 Å². The van der Waals surface area contributed by atoms with Gasteiger partial charge in [-0.2, -0.15) is 4.98 Å². The molecule has 2 aliphatic rings. The Morgan fingerprint density at radius 2 is 1.43 bits per heavy atom. The van der Waals surface area contributed by atoms with Crippen molar-refractivity contribution in [3.63, 3.8) is 0 Å². The fraction of sp³-hybridized carbons (Fsp3) is 0.625. The molecule has 4 aromatic rings. The summed E-state index contributed by atoms with van der Waals surface area (Å²) < 4.78 is 42.5. The first kappa shape index (κ1) is 74.7. The standard InChI is InChI=1S/C64H101N15O14/c1-6-7-10-23-68-57-56-50(74-61(66)76-57)20-26-78(56)39-48-17-14-47(37-53(48)87-5)38-77-41-64(42-77)43-79(27-30-93-64)63(86)92-40-46-15-18-49(19-16-46)72-59(83)52(13-11-24-70-62(67)85)73-60(84)55(44(2)3)75-54(81)21-28-88-31-33-90-35-36-91-34-32-89-29-25-69-58(82)51(71-45(4)80)12-8-9-22-65/h14-20,26,37,44,51-52,55,63,86H,6-13,21-25,27-36,38-43,65H2,1-5H3,(H,69,82)(H,71,80)(H,72,83)(H,73,84)(H,75,81)(H3,67,70,85)(H3,66,68,74,76)/t51-,52+,55+,63?/m1/s1. The molecule has 0 radical (unpaired) electrons. The molecule has 2 aromatic carbocycles. The van der Waals surface area contributed by atoms with Crippen LogP contribution >= 0.6 is 0 Å². The smallest absolute Gasteiger partial charge is 0.312 e. The number of aliphatic hydroxyl groups is 1. The highest BCUT2D eigenvalue weighted by molar-refractivity contribution is 5.98. The number of nitrogens with two attached hydrogens (primary N) is 3. The predicted octanol–water partition coefficient (Wildman–Crippen LogP) is 2.27. The Labute approximate surface area is 545 Å². The largest absolute Gasteiger partial charge is 0.496 e. The number of methoxy groups -OCH3 is 1. The number of nitrogens with zero attached hydrogens (tertiary/aromatic N) is 5. The van der Waals surface area contributed by atoms with Crippen LogP contribution in [0.25, 0.3) is 11.0 Å². The van der Waals surface area contributed by atoms with E-state index < -0.39 is 53.9 Å². The molecule has 2 aromatic heterocycles. The summed E-state index contributed by atoms with van der Waals surface area (Å²) in [4.78, 5) is 89.1. The van der Waals surface area contributed by atoms with Crippen molar-refractivity contribution in [3.8, 4) is 5.75 Å². The van der Waals surface area contributed by atoms with Crippen molar-refractivity contribution < 1.29 is 67.0 Å². The maximum atomic E-state index is 13.8. The van der Waals surface area contributed by atoms with E-state index >= 15 is 0 Å². The van der Waals surface area contributed by atoms with Crippen LogP contribution in [-0.4, -0.2) is 214 Å². The molecule has 516 valence electrons. The van der Waals surface area contributed by atoms with Gasteiger partial charge < -0.3 is 97.3 Å². The van der Waals surface area contributed by atoms with Crippen LogP contribution in [0, 0.1) is 5.92 Å². The van der Waals surface area contributed by atoms with Crippen LogP contribution in [-0.2, 0) is 72.1 Å². The van der Waals surface area contributed by atoms with E-state index in [1.165, 1.54) is 6.92 Å². The molecule has 7 amide bonds. The zero-order chi connectivity index (χ0) is 67.0. The second-order valence-corrected chi connectivity index (χ2v) is 23.7. The molecule has 1 spiro atoms. The molecular formula is C64H101N15O14. The zero-order valence-corrected chi connectivity index (χ0v) is 54.8. The molecule has 93 heavy (non-hydrogen) atoms. The Kier molecular flexibility index (Phi) is 32.2. The summed E-state index contributed by atoms with van der Waals surface area (Å²) in [6.45, 7) is 15.1. The van der Waals surface area contributed by atoms with Gasteiger partial charge in [0, 0.05) is 83.2 Å². The number of benzene rings is 2. The van der Waals surface area contributed by atoms with Gasteiger partial charge in [0.25, 0.3) is 0 Å². The number of aliphatic hydroxyl groups excluding tert-OH is 1. The lowest BCUT2D eigenvalue weighted by molar-refractivity contribution is -0.261. The number of morpholine rings is 1. The molecule has 29 nitrogen and oxygen atoms in total. The average Bonchev–Trinajstić information content (AvgIpc) is 1.35. The van der Waals surface area contributed by atoms with E-state index in [1.807, 2.05) is 17.2 Å². The fourth-order valence-corrected chi connectivity index (χ4v) is 10.9. The first-order chi connectivity index (χ1) is 44.9. The number of anilines is 3. The second-order valence-electron chi connectivity index (χ2n) is 23.7. The highest BCUT2D eigenvalue weighted by Gasteiger charge is 2.48. The zero-order valence-electron chi connectivity index (χ0n) is 54.8. The number of hydrogen-bond donors (Lipinski definition) is 11. The number of aromatic nitrogens is 3. The quantitative estimate of drug-likeness (QED) is 0.0223. The number of primary amides is 1. The molecule has 0 bridgehead atoms. The number of ether oxygens (including phenoxy) is 7. The maximum absolute atomic E-state index is 13.8. The van der Waals surface area contributed by atoms with Gasteiger partial charge in [-0.15, -0.1) is 0 Å². The summed E-state index contributed by atoms with van der Waals surface area (Å²) in [6.07, 6.45) is 6.51. The molecule has 4 heterocycles. The normalized spacial score (nSPS) is 15.2. The molecule has 14 N–H and O–H groups in total. The molecule has 2 fully saturated rings. The Hall–Kier alpha value is -7.32. The van der Waals surface area contributed by atoms with Crippen molar-refractivity contribution in [2.24, 2.45) is 17.4 Å². The molecule has 6 rings (SSSR count). The Balaban J connectivity index is 0.867. The van der Waals surface area contributed by atoms with E-state index in [-0.39, 0.29) is 82.6 Å². The molecular weight excluding hydrogens is 1200 g/mol. The Morgan fingerprint density at radius 1 is 0.742 bits per heavy atom. The van der Waals surface area contributed by atoms with Crippen molar-refractivity contribution in [1.29, 1.82) is 0 Å². The monoisotopic (exact) mass is 1300 g/mol. The van der Waals surface area contributed by atoms with Crippen molar-refractivity contribution in [2.75, 3.05) is 135 Å². The number of fused-ring (bicyclic) bond motifs is 1. The van der Waals surface area contributed by atoms with E-state index in [0.717, 1.165) is 77.9 Å². The first-order valence-corrected chi connectivity index (χ1v) is 32.4. The minimum atomic E-state index is -1.19. The number of rotatable bonds is 45. The number of nitrogen functional groups attached to an aromatic ring is 1. The van der Waals surface area contributed by atoms with E-state index in [0.29, 0.717) is 97.4 Å². The summed E-state index contributed by atoms with van der Waals surface area (Å²) >= 11 is 0. The number of urea groups is 1. The van der Waals surface area contributed by atoms with Gasteiger partial charge >= 0.3 is 6.03 Å². The number of nitrogens with one attached hydrogen (secondary N) is 7. The number of hydrogen-bond acceptors (Lipinski definition) is 21. The van der Waals surface area contributed by atoms with Crippen LogP contribution in [0.4, 0.5) is 22.2 Å². The molecule has 2 aliphatic heterocycles. The lowest BCUT2D eigenvalue weighted by Gasteiger charge is -2.54. The molecule has 4 atom stereocenters. The average molecular weight is 1300 g/mol. The van der Waals surface area contributed by atoms with E-state index in [2.05, 4.69) is 81.8 Å². The van der Waals surface area contributed by atoms with E-state index in [9.17, 15) is 33.9 Å². The van der Waals surface area contributed by atoms with Crippen LogP contribution in [0.1, 0.15) is 102 Å². The summed E-state index contributed by atoms with van der Waals surface area (Å²) in [6, 6.07) is 11.8. The van der Waals surface area contributed by atoms with Crippen molar-refractivity contribution >= 4 is 64.1 Å². The summed E-state index contributed by atoms with van der Waals surface area (Å²) in [5.74, 6) is -0.650. The fourth-order valence-electron chi connectivity index (χ4n) is 10.9. The summed E-state index contributed by atoms with van der Waals surface area (Å²) in [5.41, 5.74) is 21.4. The first-order valence-electron chi connectivity index (χ1n) is 32.4. The molecule has 0 aliphatic carbocycles. The third-order valence-corrected chi connectivity index (χ3v) is 15.7. The van der Waals surface area contributed by atoms with Gasteiger partial charge in [0.1, 0.15) is 35.0 Å². The van der Waals surface area contributed by atoms with Crippen LogP contribution in [0.5, 0.6) is 5.75 Å². The number of carbonyl (C=O) groups is 6. The summed E-state index contributed by atoms with van der Waals surface area (Å²) in [7, 11) is 1.68. The van der Waals surface area contributed by atoms with Gasteiger partial charge in [-0.3, -0.25) is 33.8 Å². The van der Waals surface area contributed by atoms with Gasteiger partial charge in [0.05, 0.1) is 85.2 Å².